The maximum atomic E-state index is 12.6. The van der Waals surface area contributed by atoms with Crippen molar-refractivity contribution in [2.24, 2.45) is 0 Å². The van der Waals surface area contributed by atoms with Crippen molar-refractivity contribution in [3.8, 4) is 11.5 Å². The Kier molecular flexibility index (Phi) is 4.79. The second-order valence-electron chi connectivity index (χ2n) is 6.23. The molecule has 26 heavy (non-hydrogen) atoms. The monoisotopic (exact) mass is 356 g/mol. The van der Waals surface area contributed by atoms with E-state index in [1.54, 1.807) is 13.0 Å². The second-order valence-corrected chi connectivity index (χ2v) is 6.23. The number of ether oxygens (including phenoxy) is 2. The fourth-order valence-electron chi connectivity index (χ4n) is 3.01. The van der Waals surface area contributed by atoms with Crippen LogP contribution in [0.5, 0.6) is 11.5 Å². The zero-order valence-electron chi connectivity index (χ0n) is 14.9. The van der Waals surface area contributed by atoms with Gasteiger partial charge in [-0.3, -0.25) is 14.9 Å². The molecule has 0 unspecified atom stereocenters. The SMILES string of the molecule is CCOc1cc2c(cc1NC(=O)c1ccc([N+](=O)[O-])c(C)c1)O[C@H](C)C2. The Balaban J connectivity index is 1.88. The first-order valence-electron chi connectivity index (χ1n) is 8.41. The molecular formula is C19H20N2O5. The van der Waals surface area contributed by atoms with Crippen molar-refractivity contribution < 1.29 is 19.2 Å². The molecule has 3 rings (SSSR count). The molecule has 2 aromatic rings. The number of hydrogen-bond donors (Lipinski definition) is 1. The maximum Gasteiger partial charge on any atom is 0.272 e. The number of carbonyl (C=O) groups excluding carboxylic acids is 1. The van der Waals surface area contributed by atoms with E-state index in [1.807, 2.05) is 19.9 Å². The predicted molar refractivity (Wildman–Crippen MR) is 97.2 cm³/mol. The van der Waals surface area contributed by atoms with Gasteiger partial charge in [-0.15, -0.1) is 0 Å². The highest BCUT2D eigenvalue weighted by atomic mass is 16.6. The summed E-state index contributed by atoms with van der Waals surface area (Å²) in [6.07, 6.45) is 0.883. The Morgan fingerprint density at radius 2 is 2.15 bits per heavy atom. The van der Waals surface area contributed by atoms with Gasteiger partial charge in [-0.05, 0) is 39.0 Å². The van der Waals surface area contributed by atoms with Crippen LogP contribution in [0.3, 0.4) is 0 Å². The zero-order valence-corrected chi connectivity index (χ0v) is 14.9. The number of anilines is 1. The number of aryl methyl sites for hydroxylation is 1. The summed E-state index contributed by atoms with van der Waals surface area (Å²) in [5, 5.41) is 13.7. The Hall–Kier alpha value is -3.09. The highest BCUT2D eigenvalue weighted by Gasteiger charge is 2.23. The van der Waals surface area contributed by atoms with Gasteiger partial charge in [0.15, 0.2) is 0 Å². The van der Waals surface area contributed by atoms with Crippen LogP contribution in [0.15, 0.2) is 30.3 Å². The molecule has 7 nitrogen and oxygen atoms in total. The summed E-state index contributed by atoms with van der Waals surface area (Å²) in [7, 11) is 0. The van der Waals surface area contributed by atoms with Crippen molar-refractivity contribution in [2.45, 2.75) is 33.3 Å². The largest absolute Gasteiger partial charge is 0.492 e. The number of carbonyl (C=O) groups is 1. The normalized spacial score (nSPS) is 15.1. The van der Waals surface area contributed by atoms with Crippen molar-refractivity contribution in [1.29, 1.82) is 0 Å². The molecule has 136 valence electrons. The highest BCUT2D eigenvalue weighted by Crippen LogP contribution is 2.38. The number of rotatable bonds is 5. The number of nitrogens with zero attached hydrogens (tertiary/aromatic N) is 1. The first kappa shape index (κ1) is 17.7. The van der Waals surface area contributed by atoms with Crippen LogP contribution in [0, 0.1) is 17.0 Å². The van der Waals surface area contributed by atoms with Crippen molar-refractivity contribution >= 4 is 17.3 Å². The molecule has 0 bridgehead atoms. The topological polar surface area (TPSA) is 90.7 Å². The van der Waals surface area contributed by atoms with Gasteiger partial charge in [-0.25, -0.2) is 0 Å². The number of amides is 1. The van der Waals surface area contributed by atoms with Crippen LogP contribution in [0.1, 0.15) is 35.3 Å². The lowest BCUT2D eigenvalue weighted by Crippen LogP contribution is -2.13. The fraction of sp³-hybridized carbons (Fsp3) is 0.316. The van der Waals surface area contributed by atoms with E-state index in [4.69, 9.17) is 9.47 Å². The van der Waals surface area contributed by atoms with Gasteiger partial charge >= 0.3 is 0 Å². The molecule has 1 atom stereocenters. The summed E-state index contributed by atoms with van der Waals surface area (Å²) >= 11 is 0. The Morgan fingerprint density at radius 3 is 2.81 bits per heavy atom. The van der Waals surface area contributed by atoms with Gasteiger partial charge < -0.3 is 14.8 Å². The van der Waals surface area contributed by atoms with Gasteiger partial charge in [0.05, 0.1) is 17.2 Å². The zero-order chi connectivity index (χ0) is 18.8. The maximum absolute atomic E-state index is 12.6. The van der Waals surface area contributed by atoms with Gasteiger partial charge in [0, 0.05) is 35.2 Å². The summed E-state index contributed by atoms with van der Waals surface area (Å²) in [6.45, 7) is 5.93. The molecule has 0 radical (unpaired) electrons. The van der Waals surface area contributed by atoms with E-state index in [2.05, 4.69) is 5.32 Å². The van der Waals surface area contributed by atoms with Crippen LogP contribution >= 0.6 is 0 Å². The van der Waals surface area contributed by atoms with E-state index in [-0.39, 0.29) is 17.7 Å². The van der Waals surface area contributed by atoms with Crippen LogP contribution in [0.2, 0.25) is 0 Å². The van der Waals surface area contributed by atoms with Crippen LogP contribution in [0.4, 0.5) is 11.4 Å². The molecule has 0 fully saturated rings. The van der Waals surface area contributed by atoms with Crippen LogP contribution in [-0.2, 0) is 6.42 Å². The van der Waals surface area contributed by atoms with Crippen LogP contribution in [-0.4, -0.2) is 23.5 Å². The first-order chi connectivity index (χ1) is 12.4. The van der Waals surface area contributed by atoms with Crippen molar-refractivity contribution in [3.63, 3.8) is 0 Å². The molecule has 7 heteroatoms. The number of hydrogen-bond acceptors (Lipinski definition) is 5. The molecule has 1 amide bonds. The smallest absolute Gasteiger partial charge is 0.272 e. The van der Waals surface area contributed by atoms with E-state index in [1.165, 1.54) is 18.2 Å². The highest BCUT2D eigenvalue weighted by molar-refractivity contribution is 6.05. The molecule has 2 aromatic carbocycles. The average Bonchev–Trinajstić information content (AvgIpc) is 2.93. The van der Waals surface area contributed by atoms with Crippen LogP contribution < -0.4 is 14.8 Å². The molecule has 0 saturated carbocycles. The lowest BCUT2D eigenvalue weighted by atomic mass is 10.1. The van der Waals surface area contributed by atoms with E-state index in [0.717, 1.165) is 17.7 Å². The quantitative estimate of drug-likeness (QED) is 0.648. The number of benzene rings is 2. The molecule has 1 heterocycles. The third-order valence-electron chi connectivity index (χ3n) is 4.20. The number of nitro groups is 1. The molecule has 0 saturated heterocycles. The third kappa shape index (κ3) is 3.46. The van der Waals surface area contributed by atoms with Gasteiger partial charge in [0.2, 0.25) is 0 Å². The van der Waals surface area contributed by atoms with Crippen molar-refractivity contribution in [3.05, 3.63) is 57.1 Å². The van der Waals surface area contributed by atoms with E-state index < -0.39 is 4.92 Å². The Morgan fingerprint density at radius 1 is 1.38 bits per heavy atom. The van der Waals surface area contributed by atoms with Gasteiger partial charge in [-0.1, -0.05) is 0 Å². The molecule has 1 aliphatic rings. The average molecular weight is 356 g/mol. The molecular weight excluding hydrogens is 336 g/mol. The number of nitrogens with one attached hydrogen (secondary N) is 1. The molecule has 1 aliphatic heterocycles. The lowest BCUT2D eigenvalue weighted by molar-refractivity contribution is -0.385. The first-order valence-corrected chi connectivity index (χ1v) is 8.41. The standard InChI is InChI=1S/C19H20N2O5/c1-4-25-18-9-14-8-12(3)26-17(14)10-15(18)20-19(22)13-5-6-16(21(23)24)11(2)7-13/h5-7,9-10,12H,4,8H2,1-3H3,(H,20,22)/t12-/m1/s1. The van der Waals surface area contributed by atoms with E-state index in [0.29, 0.717) is 29.2 Å². The second kappa shape index (κ2) is 7.03. The number of fused-ring (bicyclic) bond motifs is 1. The Bertz CT molecular complexity index is 878. The Labute approximate surface area is 151 Å². The lowest BCUT2D eigenvalue weighted by Gasteiger charge is -2.14. The van der Waals surface area contributed by atoms with Crippen molar-refractivity contribution in [1.82, 2.24) is 0 Å². The molecule has 0 aliphatic carbocycles. The summed E-state index contributed by atoms with van der Waals surface area (Å²) in [4.78, 5) is 23.0. The van der Waals surface area contributed by atoms with Crippen LogP contribution in [0.25, 0.3) is 0 Å². The predicted octanol–water partition coefficient (Wildman–Crippen LogP) is 3.88. The summed E-state index contributed by atoms with van der Waals surface area (Å²) < 4.78 is 11.4. The minimum atomic E-state index is -0.469. The summed E-state index contributed by atoms with van der Waals surface area (Å²) in [5.74, 6) is 0.946. The van der Waals surface area contributed by atoms with E-state index >= 15 is 0 Å². The van der Waals surface area contributed by atoms with Gasteiger partial charge in [-0.2, -0.15) is 0 Å². The summed E-state index contributed by atoms with van der Waals surface area (Å²) in [6, 6.07) is 7.92. The van der Waals surface area contributed by atoms with E-state index in [9.17, 15) is 14.9 Å². The molecule has 1 N–H and O–H groups in total. The minimum Gasteiger partial charge on any atom is -0.492 e. The van der Waals surface area contributed by atoms with Gasteiger partial charge in [0.25, 0.3) is 11.6 Å². The molecule has 0 spiro atoms. The number of nitro benzene ring substituents is 1. The third-order valence-corrected chi connectivity index (χ3v) is 4.20. The molecule has 0 aromatic heterocycles. The summed E-state index contributed by atoms with van der Waals surface area (Å²) in [5.41, 5.74) is 2.31. The van der Waals surface area contributed by atoms with Gasteiger partial charge in [0.1, 0.15) is 17.6 Å². The fourth-order valence-corrected chi connectivity index (χ4v) is 3.01. The van der Waals surface area contributed by atoms with Crippen molar-refractivity contribution in [2.75, 3.05) is 11.9 Å². The minimum absolute atomic E-state index is 0.0172.